The maximum Gasteiger partial charge on any atom is 0.251 e. The molecule has 0 saturated carbocycles. The molecule has 4 nitrogen and oxygen atoms in total. The van der Waals surface area contributed by atoms with E-state index in [1.165, 1.54) is 5.56 Å². The molecule has 4 heteroatoms. The van der Waals surface area contributed by atoms with Crippen LogP contribution in [0.5, 0.6) is 11.5 Å². The lowest BCUT2D eigenvalue weighted by molar-refractivity contribution is 0.0955. The molecule has 0 radical (unpaired) electrons. The number of nitrogens with two attached hydrogens (primary N) is 1. The predicted molar refractivity (Wildman–Crippen MR) is 84.8 cm³/mol. The third-order valence-corrected chi connectivity index (χ3v) is 3.15. The van der Waals surface area contributed by atoms with Crippen molar-refractivity contribution < 1.29 is 9.53 Å². The predicted octanol–water partition coefficient (Wildman–Crippen LogP) is 3.37. The van der Waals surface area contributed by atoms with Crippen LogP contribution >= 0.6 is 0 Å². The van der Waals surface area contributed by atoms with Gasteiger partial charge in [-0.2, -0.15) is 0 Å². The lowest BCUT2D eigenvalue weighted by Gasteiger charge is -2.11. The van der Waals surface area contributed by atoms with Gasteiger partial charge in [0.1, 0.15) is 5.75 Å². The summed E-state index contributed by atoms with van der Waals surface area (Å²) in [5.74, 6) is 1.07. The zero-order chi connectivity index (χ0) is 15.2. The van der Waals surface area contributed by atoms with Gasteiger partial charge >= 0.3 is 0 Å². The number of nitrogens with one attached hydrogen (secondary N) is 1. The summed E-state index contributed by atoms with van der Waals surface area (Å²) in [5, 5.41) is 2.76. The van der Waals surface area contributed by atoms with Crippen LogP contribution < -0.4 is 15.8 Å². The summed E-state index contributed by atoms with van der Waals surface area (Å²) in [6, 6.07) is 12.9. The first kappa shape index (κ1) is 14.9. The summed E-state index contributed by atoms with van der Waals surface area (Å²) in [7, 11) is 0. The zero-order valence-corrected chi connectivity index (χ0v) is 12.3. The monoisotopic (exact) mass is 284 g/mol. The van der Waals surface area contributed by atoms with E-state index < -0.39 is 0 Å². The summed E-state index contributed by atoms with van der Waals surface area (Å²) in [6.45, 7) is 4.55. The first-order valence-corrected chi connectivity index (χ1v) is 7.08. The van der Waals surface area contributed by atoms with E-state index in [1.807, 2.05) is 31.2 Å². The first-order valence-electron chi connectivity index (χ1n) is 7.08. The van der Waals surface area contributed by atoms with Gasteiger partial charge in [-0.3, -0.25) is 4.79 Å². The van der Waals surface area contributed by atoms with E-state index in [2.05, 4.69) is 12.2 Å². The van der Waals surface area contributed by atoms with Gasteiger partial charge in [0.05, 0.1) is 5.69 Å². The van der Waals surface area contributed by atoms with Crippen molar-refractivity contribution in [3.05, 3.63) is 53.6 Å². The Kier molecular flexibility index (Phi) is 4.82. The molecule has 0 fully saturated rings. The van der Waals surface area contributed by atoms with E-state index in [9.17, 15) is 4.79 Å². The minimum absolute atomic E-state index is 0.135. The molecule has 0 aliphatic carbocycles. The molecule has 0 atom stereocenters. The summed E-state index contributed by atoms with van der Waals surface area (Å²) in [6.07, 6.45) is 0.936. The number of hydrogen-bond acceptors (Lipinski definition) is 3. The molecule has 2 aromatic rings. The Hall–Kier alpha value is -2.49. The Morgan fingerprint density at radius 2 is 2.00 bits per heavy atom. The van der Waals surface area contributed by atoms with Crippen LogP contribution in [0, 0.1) is 0 Å². The number of anilines is 1. The summed E-state index contributed by atoms with van der Waals surface area (Å²) in [4.78, 5) is 11.9. The van der Waals surface area contributed by atoms with Crippen molar-refractivity contribution in [2.24, 2.45) is 0 Å². The molecule has 0 aliphatic heterocycles. The van der Waals surface area contributed by atoms with Gasteiger partial charge in [-0.15, -0.1) is 0 Å². The normalized spacial score (nSPS) is 10.2. The fourth-order valence-corrected chi connectivity index (χ4v) is 1.98. The second kappa shape index (κ2) is 6.79. The molecule has 2 rings (SSSR count). The number of nitrogen functional groups attached to an aromatic ring is 1. The third-order valence-electron chi connectivity index (χ3n) is 3.15. The molecular weight excluding hydrogens is 264 g/mol. The molecule has 21 heavy (non-hydrogen) atoms. The highest BCUT2D eigenvalue weighted by Crippen LogP contribution is 2.29. The molecule has 0 unspecified atom stereocenters. The van der Waals surface area contributed by atoms with Crippen LogP contribution in [0.2, 0.25) is 0 Å². The SMILES string of the molecule is CCNC(=O)c1ccc(N)c(Oc2cccc(CC)c2)c1. The van der Waals surface area contributed by atoms with Gasteiger partial charge in [-0.25, -0.2) is 0 Å². The minimum atomic E-state index is -0.135. The van der Waals surface area contributed by atoms with Crippen molar-refractivity contribution in [2.75, 3.05) is 12.3 Å². The molecule has 2 aromatic carbocycles. The number of carbonyl (C=O) groups excluding carboxylic acids is 1. The number of ether oxygens (including phenoxy) is 1. The van der Waals surface area contributed by atoms with E-state index in [-0.39, 0.29) is 5.91 Å². The third kappa shape index (κ3) is 3.75. The first-order chi connectivity index (χ1) is 10.1. The molecule has 0 bridgehead atoms. The van der Waals surface area contributed by atoms with Gasteiger partial charge in [0.15, 0.2) is 5.75 Å². The van der Waals surface area contributed by atoms with Crippen LogP contribution in [-0.4, -0.2) is 12.5 Å². The van der Waals surface area contributed by atoms with Gasteiger partial charge in [-0.05, 0) is 49.2 Å². The largest absolute Gasteiger partial charge is 0.455 e. The van der Waals surface area contributed by atoms with E-state index in [4.69, 9.17) is 10.5 Å². The van der Waals surface area contributed by atoms with E-state index >= 15 is 0 Å². The molecule has 3 N–H and O–H groups in total. The van der Waals surface area contributed by atoms with Crippen molar-refractivity contribution in [1.82, 2.24) is 5.32 Å². The van der Waals surface area contributed by atoms with E-state index in [0.29, 0.717) is 29.3 Å². The molecule has 0 spiro atoms. The van der Waals surface area contributed by atoms with Crippen LogP contribution in [-0.2, 0) is 6.42 Å². The zero-order valence-electron chi connectivity index (χ0n) is 12.3. The lowest BCUT2D eigenvalue weighted by atomic mass is 10.1. The molecule has 1 amide bonds. The van der Waals surface area contributed by atoms with Crippen LogP contribution in [0.1, 0.15) is 29.8 Å². The van der Waals surface area contributed by atoms with Gasteiger partial charge in [0, 0.05) is 12.1 Å². The number of aryl methyl sites for hydroxylation is 1. The molecule has 0 aromatic heterocycles. The highest BCUT2D eigenvalue weighted by Gasteiger charge is 2.09. The van der Waals surface area contributed by atoms with Crippen LogP contribution in [0.3, 0.4) is 0 Å². The fraction of sp³-hybridized carbons (Fsp3) is 0.235. The Morgan fingerprint density at radius 3 is 2.71 bits per heavy atom. The number of hydrogen-bond donors (Lipinski definition) is 2. The summed E-state index contributed by atoms with van der Waals surface area (Å²) < 4.78 is 5.82. The number of benzene rings is 2. The van der Waals surface area contributed by atoms with Crippen molar-refractivity contribution in [3.63, 3.8) is 0 Å². The van der Waals surface area contributed by atoms with Gasteiger partial charge < -0.3 is 15.8 Å². The Labute approximate surface area is 124 Å². The molecular formula is C17H20N2O2. The Morgan fingerprint density at radius 1 is 1.19 bits per heavy atom. The molecule has 0 aliphatic rings. The van der Waals surface area contributed by atoms with E-state index in [1.54, 1.807) is 18.2 Å². The number of rotatable bonds is 5. The smallest absolute Gasteiger partial charge is 0.251 e. The number of amides is 1. The van der Waals surface area contributed by atoms with Gasteiger partial charge in [-0.1, -0.05) is 19.1 Å². The Balaban J connectivity index is 2.26. The standard InChI is InChI=1S/C17H20N2O2/c1-3-12-6-5-7-14(10-12)21-16-11-13(8-9-15(16)18)17(20)19-4-2/h5-11H,3-4,18H2,1-2H3,(H,19,20). The Bertz CT molecular complexity index is 638. The van der Waals surface area contributed by atoms with Crippen LogP contribution in [0.15, 0.2) is 42.5 Å². The average Bonchev–Trinajstić information content (AvgIpc) is 2.50. The fourth-order valence-electron chi connectivity index (χ4n) is 1.98. The minimum Gasteiger partial charge on any atom is -0.455 e. The highest BCUT2D eigenvalue weighted by molar-refractivity contribution is 5.95. The summed E-state index contributed by atoms with van der Waals surface area (Å²) >= 11 is 0. The topological polar surface area (TPSA) is 64.4 Å². The van der Waals surface area contributed by atoms with Crippen molar-refractivity contribution in [2.45, 2.75) is 20.3 Å². The number of carbonyl (C=O) groups is 1. The molecule has 0 heterocycles. The molecule has 110 valence electrons. The van der Waals surface area contributed by atoms with Gasteiger partial charge in [0.25, 0.3) is 5.91 Å². The van der Waals surface area contributed by atoms with Crippen molar-refractivity contribution >= 4 is 11.6 Å². The van der Waals surface area contributed by atoms with Crippen molar-refractivity contribution in [1.29, 1.82) is 0 Å². The van der Waals surface area contributed by atoms with Gasteiger partial charge in [0.2, 0.25) is 0 Å². The quantitative estimate of drug-likeness (QED) is 0.827. The maximum absolute atomic E-state index is 11.9. The highest BCUT2D eigenvalue weighted by atomic mass is 16.5. The summed E-state index contributed by atoms with van der Waals surface area (Å²) in [5.41, 5.74) is 8.15. The molecule has 0 saturated heterocycles. The lowest BCUT2D eigenvalue weighted by Crippen LogP contribution is -2.22. The second-order valence-corrected chi connectivity index (χ2v) is 4.72. The average molecular weight is 284 g/mol. The van der Waals surface area contributed by atoms with Crippen LogP contribution in [0.25, 0.3) is 0 Å². The maximum atomic E-state index is 11.9. The second-order valence-electron chi connectivity index (χ2n) is 4.72. The van der Waals surface area contributed by atoms with Crippen molar-refractivity contribution in [3.8, 4) is 11.5 Å². The van der Waals surface area contributed by atoms with E-state index in [0.717, 1.165) is 6.42 Å². The van der Waals surface area contributed by atoms with Crippen LogP contribution in [0.4, 0.5) is 5.69 Å².